The molecule has 8 nitrogen and oxygen atoms in total. The molecule has 1 rings (SSSR count). The number of aliphatic carboxylic acids is 1. The zero-order valence-corrected chi connectivity index (χ0v) is 11.9. The van der Waals surface area contributed by atoms with Gasteiger partial charge in [-0.15, -0.1) is 0 Å². The molecule has 1 fully saturated rings. The number of carbonyl (C=O) groups is 2. The average molecular weight is 289 g/mol. The second-order valence-corrected chi connectivity index (χ2v) is 4.54. The molecule has 2 amide bonds. The number of ether oxygens (including phenoxy) is 2. The number of rotatable bonds is 7. The minimum absolute atomic E-state index is 0.0351. The second-order valence-electron chi connectivity index (χ2n) is 4.54. The molecule has 0 saturated carbocycles. The Morgan fingerprint density at radius 2 is 2.25 bits per heavy atom. The van der Waals surface area contributed by atoms with Crippen molar-refractivity contribution in [1.82, 2.24) is 15.5 Å². The topological polar surface area (TPSA) is 100 Å². The quantitative estimate of drug-likeness (QED) is 0.562. The maximum Gasteiger partial charge on any atom is 0.334 e. The number of methoxy groups -OCH3 is 1. The lowest BCUT2D eigenvalue weighted by Gasteiger charge is -2.32. The molecule has 8 heteroatoms. The molecule has 3 N–H and O–H groups in total. The maximum absolute atomic E-state index is 11.5. The largest absolute Gasteiger partial charge is 0.479 e. The average Bonchev–Trinajstić information content (AvgIpc) is 2.45. The van der Waals surface area contributed by atoms with Gasteiger partial charge in [0.25, 0.3) is 0 Å². The highest BCUT2D eigenvalue weighted by atomic mass is 16.5. The summed E-state index contributed by atoms with van der Waals surface area (Å²) in [7, 11) is 1.29. The summed E-state index contributed by atoms with van der Waals surface area (Å²) in [5.41, 5.74) is 0. The van der Waals surface area contributed by atoms with E-state index in [2.05, 4.69) is 22.5 Å². The van der Waals surface area contributed by atoms with E-state index < -0.39 is 18.1 Å². The van der Waals surface area contributed by atoms with Crippen molar-refractivity contribution in [2.45, 2.75) is 19.1 Å². The van der Waals surface area contributed by atoms with Gasteiger partial charge in [0.2, 0.25) is 0 Å². The molecule has 2 unspecified atom stereocenters. The first-order chi connectivity index (χ1) is 9.56. The third-order valence-electron chi connectivity index (χ3n) is 3.17. The summed E-state index contributed by atoms with van der Waals surface area (Å²) in [4.78, 5) is 24.5. The highest BCUT2D eigenvalue weighted by molar-refractivity contribution is 5.76. The van der Waals surface area contributed by atoms with Crippen LogP contribution in [0.3, 0.4) is 0 Å². The van der Waals surface area contributed by atoms with E-state index in [0.29, 0.717) is 13.2 Å². The molecule has 0 aromatic carbocycles. The molecule has 0 radical (unpaired) electrons. The summed E-state index contributed by atoms with van der Waals surface area (Å²) in [5.74, 6) is -1.11. The standard InChI is InChI=1S/C12H23N3O5/c1-3-15-4-5-20-9(8-15)6-13-12(18)14-7-10(19-2)11(16)17/h9-10H,3-8H2,1-2H3,(H,16,17)(H2,13,14,18). The number of carboxylic acids is 1. The summed E-state index contributed by atoms with van der Waals surface area (Å²) in [5, 5.41) is 13.9. The van der Waals surface area contributed by atoms with Crippen molar-refractivity contribution in [3.63, 3.8) is 0 Å². The lowest BCUT2D eigenvalue weighted by Crippen LogP contribution is -2.50. The number of hydrogen-bond donors (Lipinski definition) is 3. The van der Waals surface area contributed by atoms with Crippen molar-refractivity contribution in [2.75, 3.05) is 46.4 Å². The SMILES string of the molecule is CCN1CCOC(CNC(=O)NCC(OC)C(=O)O)C1. The minimum atomic E-state index is -1.11. The third kappa shape index (κ3) is 5.72. The molecule has 0 bridgehead atoms. The number of urea groups is 1. The number of carbonyl (C=O) groups excluding carboxylic acids is 1. The molecule has 1 saturated heterocycles. The van der Waals surface area contributed by atoms with Gasteiger partial charge in [0.1, 0.15) is 0 Å². The molecular weight excluding hydrogens is 266 g/mol. The van der Waals surface area contributed by atoms with Crippen LogP contribution in [0.15, 0.2) is 0 Å². The summed E-state index contributed by atoms with van der Waals surface area (Å²) < 4.78 is 10.3. The van der Waals surface area contributed by atoms with Crippen LogP contribution in [0.5, 0.6) is 0 Å². The molecule has 1 aliphatic rings. The fraction of sp³-hybridized carbons (Fsp3) is 0.833. The van der Waals surface area contributed by atoms with E-state index in [1.165, 1.54) is 7.11 Å². The molecule has 2 atom stereocenters. The molecule has 20 heavy (non-hydrogen) atoms. The molecule has 1 heterocycles. The number of nitrogens with zero attached hydrogens (tertiary/aromatic N) is 1. The van der Waals surface area contributed by atoms with Crippen LogP contribution in [0.1, 0.15) is 6.92 Å². The lowest BCUT2D eigenvalue weighted by atomic mass is 10.2. The first-order valence-corrected chi connectivity index (χ1v) is 6.68. The van der Waals surface area contributed by atoms with E-state index in [-0.39, 0.29) is 12.6 Å². The van der Waals surface area contributed by atoms with Crippen molar-refractivity contribution in [2.24, 2.45) is 0 Å². The first-order valence-electron chi connectivity index (χ1n) is 6.68. The molecule has 116 valence electrons. The fourth-order valence-electron chi connectivity index (χ4n) is 1.92. The Kier molecular flexibility index (Phi) is 7.27. The van der Waals surface area contributed by atoms with Gasteiger partial charge in [-0.3, -0.25) is 4.90 Å². The van der Waals surface area contributed by atoms with Crippen LogP contribution < -0.4 is 10.6 Å². The number of morpholine rings is 1. The van der Waals surface area contributed by atoms with Crippen LogP contribution in [-0.4, -0.2) is 80.7 Å². The maximum atomic E-state index is 11.5. The second kappa shape index (κ2) is 8.72. The van der Waals surface area contributed by atoms with Gasteiger partial charge in [0.05, 0.1) is 19.3 Å². The molecular formula is C12H23N3O5. The Morgan fingerprint density at radius 3 is 2.85 bits per heavy atom. The smallest absolute Gasteiger partial charge is 0.334 e. The summed E-state index contributed by atoms with van der Waals surface area (Å²) in [6, 6.07) is -0.425. The number of likely N-dealkylation sites (N-methyl/N-ethyl adjacent to an activating group) is 1. The molecule has 0 spiro atoms. The lowest BCUT2D eigenvalue weighted by molar-refractivity contribution is -0.147. The zero-order valence-electron chi connectivity index (χ0n) is 11.9. The number of carboxylic acid groups (broad SMARTS) is 1. The summed E-state index contributed by atoms with van der Waals surface area (Å²) >= 11 is 0. The van der Waals surface area contributed by atoms with E-state index in [0.717, 1.165) is 19.6 Å². The van der Waals surface area contributed by atoms with Gasteiger partial charge in [-0.1, -0.05) is 6.92 Å². The van der Waals surface area contributed by atoms with E-state index in [9.17, 15) is 9.59 Å². The van der Waals surface area contributed by atoms with Crippen molar-refractivity contribution in [3.8, 4) is 0 Å². The predicted molar refractivity (Wildman–Crippen MR) is 71.7 cm³/mol. The van der Waals surface area contributed by atoms with Gasteiger partial charge in [-0.25, -0.2) is 9.59 Å². The Hall–Kier alpha value is -1.38. The predicted octanol–water partition coefficient (Wildman–Crippen LogP) is -0.894. The van der Waals surface area contributed by atoms with Gasteiger partial charge in [0, 0.05) is 26.7 Å². The number of nitrogens with one attached hydrogen (secondary N) is 2. The van der Waals surface area contributed by atoms with Crippen LogP contribution in [-0.2, 0) is 14.3 Å². The third-order valence-corrected chi connectivity index (χ3v) is 3.17. The normalized spacial score (nSPS) is 21.2. The number of amides is 2. The fourth-order valence-corrected chi connectivity index (χ4v) is 1.92. The van der Waals surface area contributed by atoms with Crippen LogP contribution in [0.25, 0.3) is 0 Å². The minimum Gasteiger partial charge on any atom is -0.479 e. The summed E-state index contributed by atoms with van der Waals surface area (Å²) in [6.45, 7) is 5.71. The van der Waals surface area contributed by atoms with Crippen LogP contribution >= 0.6 is 0 Å². The van der Waals surface area contributed by atoms with Crippen molar-refractivity contribution in [3.05, 3.63) is 0 Å². The Morgan fingerprint density at radius 1 is 1.50 bits per heavy atom. The van der Waals surface area contributed by atoms with Crippen LogP contribution in [0.2, 0.25) is 0 Å². The van der Waals surface area contributed by atoms with Crippen LogP contribution in [0.4, 0.5) is 4.79 Å². The Labute approximate surface area is 118 Å². The summed E-state index contributed by atoms with van der Waals surface area (Å²) in [6.07, 6.45) is -1.07. The monoisotopic (exact) mass is 289 g/mol. The van der Waals surface area contributed by atoms with Gasteiger partial charge in [-0.2, -0.15) is 0 Å². The number of hydrogen-bond acceptors (Lipinski definition) is 5. The van der Waals surface area contributed by atoms with E-state index in [1.807, 2.05) is 0 Å². The Balaban J connectivity index is 2.21. The molecule has 0 aliphatic carbocycles. The van der Waals surface area contributed by atoms with Crippen LogP contribution in [0, 0.1) is 0 Å². The van der Waals surface area contributed by atoms with Crippen molar-refractivity contribution < 1.29 is 24.2 Å². The van der Waals surface area contributed by atoms with Gasteiger partial charge < -0.3 is 25.2 Å². The van der Waals surface area contributed by atoms with Crippen molar-refractivity contribution in [1.29, 1.82) is 0 Å². The highest BCUT2D eigenvalue weighted by Gasteiger charge is 2.20. The van der Waals surface area contributed by atoms with Gasteiger partial charge in [0.15, 0.2) is 6.10 Å². The molecule has 0 aromatic heterocycles. The van der Waals surface area contributed by atoms with E-state index in [1.54, 1.807) is 0 Å². The van der Waals surface area contributed by atoms with Crippen molar-refractivity contribution >= 4 is 12.0 Å². The Bertz CT molecular complexity index is 326. The van der Waals surface area contributed by atoms with E-state index in [4.69, 9.17) is 14.6 Å². The van der Waals surface area contributed by atoms with Gasteiger partial charge >= 0.3 is 12.0 Å². The van der Waals surface area contributed by atoms with E-state index >= 15 is 0 Å². The highest BCUT2D eigenvalue weighted by Crippen LogP contribution is 2.03. The molecule has 1 aliphatic heterocycles. The first kappa shape index (κ1) is 16.7. The molecule has 0 aromatic rings. The van der Waals surface area contributed by atoms with Gasteiger partial charge in [-0.05, 0) is 6.54 Å². The zero-order chi connectivity index (χ0) is 15.0.